The summed E-state index contributed by atoms with van der Waals surface area (Å²) in [6, 6.07) is 10.5. The van der Waals surface area contributed by atoms with E-state index in [1.165, 1.54) is 23.2 Å². The molecule has 5 N–H and O–H groups in total. The average Bonchev–Trinajstić information content (AvgIpc) is 2.71. The van der Waals surface area contributed by atoms with E-state index in [0.717, 1.165) is 17.2 Å². The molecule has 0 unspecified atom stereocenters. The second kappa shape index (κ2) is 10.1. The molecule has 164 valence electrons. The molecule has 0 aliphatic carbocycles. The minimum Gasteiger partial charge on any atom is -0.394 e. The molecule has 0 saturated carbocycles. The summed E-state index contributed by atoms with van der Waals surface area (Å²) in [4.78, 5) is -0.349. The molecule has 30 heavy (non-hydrogen) atoms. The van der Waals surface area contributed by atoms with Crippen LogP contribution in [0.15, 0.2) is 57.7 Å². The van der Waals surface area contributed by atoms with Crippen LogP contribution in [-0.4, -0.2) is 64.9 Å². The predicted octanol–water partition coefficient (Wildman–Crippen LogP) is 1.13. The van der Waals surface area contributed by atoms with Crippen LogP contribution >= 0.6 is 0 Å². The largest absolute Gasteiger partial charge is 0.394 e. The van der Waals surface area contributed by atoms with E-state index in [9.17, 15) is 23.7 Å². The van der Waals surface area contributed by atoms with E-state index in [1.54, 1.807) is 12.1 Å². The van der Waals surface area contributed by atoms with Crippen molar-refractivity contribution in [2.75, 3.05) is 18.2 Å². The summed E-state index contributed by atoms with van der Waals surface area (Å²) in [5, 5.41) is 48.0. The highest BCUT2D eigenvalue weighted by Gasteiger charge is 2.26. The van der Waals surface area contributed by atoms with Gasteiger partial charge in [0, 0.05) is 0 Å². The molecule has 0 aliphatic rings. The van der Waals surface area contributed by atoms with Crippen LogP contribution in [0.2, 0.25) is 0 Å². The number of rotatable bonds is 9. The van der Waals surface area contributed by atoms with E-state index in [2.05, 4.69) is 10.3 Å². The number of benzene rings is 2. The van der Waals surface area contributed by atoms with Crippen LogP contribution in [0.25, 0.3) is 0 Å². The SMILES string of the molecule is Cc1ccc(N(C[C@H](O)[C@@H](O)[C@H](O)CO)N=Nc2cccc(S(=O)(=O)O)c2)cc1C. The summed E-state index contributed by atoms with van der Waals surface area (Å²) in [7, 11) is -4.41. The average molecular weight is 439 g/mol. The quantitative estimate of drug-likeness (QED) is 0.220. The van der Waals surface area contributed by atoms with Gasteiger partial charge in [-0.3, -0.25) is 4.55 Å². The molecule has 0 amide bonds. The van der Waals surface area contributed by atoms with Gasteiger partial charge >= 0.3 is 0 Å². The number of aliphatic hydroxyl groups excluding tert-OH is 4. The monoisotopic (exact) mass is 439 g/mol. The molecule has 2 rings (SSSR count). The van der Waals surface area contributed by atoms with Crippen LogP contribution < -0.4 is 5.01 Å². The summed E-state index contributed by atoms with van der Waals surface area (Å²) in [6.07, 6.45) is -4.64. The molecule has 2 aromatic carbocycles. The second-order valence-electron chi connectivity index (χ2n) is 6.82. The molecule has 0 saturated heterocycles. The molecular formula is C19H25N3O7S. The smallest absolute Gasteiger partial charge is 0.294 e. The zero-order chi connectivity index (χ0) is 22.5. The van der Waals surface area contributed by atoms with Gasteiger partial charge in [0.25, 0.3) is 10.1 Å². The molecule has 0 aromatic heterocycles. The van der Waals surface area contributed by atoms with Gasteiger partial charge in [0.15, 0.2) is 0 Å². The maximum absolute atomic E-state index is 11.3. The van der Waals surface area contributed by atoms with Gasteiger partial charge in [-0.15, -0.1) is 5.11 Å². The zero-order valence-electron chi connectivity index (χ0n) is 16.5. The zero-order valence-corrected chi connectivity index (χ0v) is 17.3. The molecule has 0 aliphatic heterocycles. The van der Waals surface area contributed by atoms with Crippen molar-refractivity contribution in [3.8, 4) is 0 Å². The van der Waals surface area contributed by atoms with Crippen molar-refractivity contribution in [2.24, 2.45) is 10.3 Å². The molecule has 10 nitrogen and oxygen atoms in total. The Morgan fingerprint density at radius 1 is 1.00 bits per heavy atom. The van der Waals surface area contributed by atoms with E-state index >= 15 is 0 Å². The number of aryl methyl sites for hydroxylation is 2. The fourth-order valence-corrected chi connectivity index (χ4v) is 3.06. The van der Waals surface area contributed by atoms with Gasteiger partial charge < -0.3 is 20.4 Å². The first-order valence-electron chi connectivity index (χ1n) is 9.02. The minimum atomic E-state index is -4.41. The number of anilines is 1. The standard InChI is InChI=1S/C19H25N3O7S/c1-12-6-7-15(8-13(12)2)22(10-17(24)19(26)18(25)11-23)21-20-14-4-3-5-16(9-14)30(27,28)29/h3-9,17-19,23-26H,10-11H2,1-2H3,(H,27,28,29)/t17-,18+,19+/m0/s1. The summed E-state index contributed by atoms with van der Waals surface area (Å²) in [6.45, 7) is 2.79. The Bertz CT molecular complexity index is 997. The fraction of sp³-hybridized carbons (Fsp3) is 0.368. The predicted molar refractivity (Wildman–Crippen MR) is 109 cm³/mol. The van der Waals surface area contributed by atoms with Crippen LogP contribution in [0.5, 0.6) is 0 Å². The van der Waals surface area contributed by atoms with Crippen molar-refractivity contribution in [3.05, 3.63) is 53.6 Å². The number of hydrogen-bond acceptors (Lipinski definition) is 8. The summed E-state index contributed by atoms with van der Waals surface area (Å²) in [5.74, 6) is 0. The Balaban J connectivity index is 2.36. The third kappa shape index (κ3) is 6.29. The fourth-order valence-electron chi connectivity index (χ4n) is 2.54. The van der Waals surface area contributed by atoms with Crippen molar-refractivity contribution in [1.29, 1.82) is 0 Å². The molecule has 0 bridgehead atoms. The first-order chi connectivity index (χ1) is 14.0. The van der Waals surface area contributed by atoms with Gasteiger partial charge in [-0.1, -0.05) is 17.4 Å². The van der Waals surface area contributed by atoms with Crippen molar-refractivity contribution >= 4 is 21.5 Å². The van der Waals surface area contributed by atoms with E-state index in [1.807, 2.05) is 19.9 Å². The van der Waals surface area contributed by atoms with Crippen molar-refractivity contribution in [3.63, 3.8) is 0 Å². The summed E-state index contributed by atoms with van der Waals surface area (Å²) >= 11 is 0. The Labute approximate surface area is 174 Å². The normalized spacial score (nSPS) is 15.2. The van der Waals surface area contributed by atoms with Crippen LogP contribution in [-0.2, 0) is 10.1 Å². The highest BCUT2D eigenvalue weighted by Crippen LogP contribution is 2.23. The second-order valence-corrected chi connectivity index (χ2v) is 8.24. The molecular weight excluding hydrogens is 414 g/mol. The lowest BCUT2D eigenvalue weighted by atomic mass is 10.1. The number of hydrogen-bond donors (Lipinski definition) is 5. The van der Waals surface area contributed by atoms with Crippen molar-refractivity contribution in [2.45, 2.75) is 37.1 Å². The van der Waals surface area contributed by atoms with Crippen molar-refractivity contribution < 1.29 is 33.4 Å². The molecule has 2 aromatic rings. The minimum absolute atomic E-state index is 0.129. The van der Waals surface area contributed by atoms with Gasteiger partial charge in [0.05, 0.1) is 29.4 Å². The van der Waals surface area contributed by atoms with Crippen molar-refractivity contribution in [1.82, 2.24) is 0 Å². The lowest BCUT2D eigenvalue weighted by Gasteiger charge is -2.26. The van der Waals surface area contributed by atoms with E-state index in [-0.39, 0.29) is 17.1 Å². The maximum Gasteiger partial charge on any atom is 0.294 e. The Morgan fingerprint density at radius 2 is 1.70 bits per heavy atom. The van der Waals surface area contributed by atoms with Gasteiger partial charge in [0.2, 0.25) is 0 Å². The van der Waals surface area contributed by atoms with Gasteiger partial charge in [0.1, 0.15) is 18.3 Å². The van der Waals surface area contributed by atoms with Gasteiger partial charge in [-0.2, -0.15) is 8.42 Å². The first-order valence-corrected chi connectivity index (χ1v) is 10.5. The molecule has 11 heteroatoms. The number of aliphatic hydroxyl groups is 4. The number of nitrogens with zero attached hydrogens (tertiary/aromatic N) is 3. The lowest BCUT2D eigenvalue weighted by Crippen LogP contribution is -2.44. The van der Waals surface area contributed by atoms with E-state index in [4.69, 9.17) is 9.66 Å². The first kappa shape index (κ1) is 23.9. The molecule has 0 heterocycles. The third-order valence-electron chi connectivity index (χ3n) is 4.51. The third-order valence-corrected chi connectivity index (χ3v) is 5.36. The topological polar surface area (TPSA) is 163 Å². The highest BCUT2D eigenvalue weighted by atomic mass is 32.2. The Hall–Kier alpha value is -2.41. The molecule has 0 fully saturated rings. The molecule has 0 spiro atoms. The Morgan fingerprint density at radius 3 is 2.30 bits per heavy atom. The van der Waals surface area contributed by atoms with Gasteiger partial charge in [-0.05, 0) is 55.3 Å². The van der Waals surface area contributed by atoms with Gasteiger partial charge in [-0.25, -0.2) is 5.01 Å². The lowest BCUT2D eigenvalue weighted by molar-refractivity contribution is -0.0732. The highest BCUT2D eigenvalue weighted by molar-refractivity contribution is 7.85. The summed E-state index contributed by atoms with van der Waals surface area (Å²) in [5.41, 5.74) is 2.61. The summed E-state index contributed by atoms with van der Waals surface area (Å²) < 4.78 is 31.8. The van der Waals surface area contributed by atoms with E-state index < -0.39 is 35.0 Å². The van der Waals surface area contributed by atoms with Crippen LogP contribution in [0.1, 0.15) is 11.1 Å². The van der Waals surface area contributed by atoms with Crippen LogP contribution in [0.3, 0.4) is 0 Å². The van der Waals surface area contributed by atoms with E-state index in [0.29, 0.717) is 5.69 Å². The van der Waals surface area contributed by atoms with Crippen LogP contribution in [0.4, 0.5) is 11.4 Å². The maximum atomic E-state index is 11.3. The van der Waals surface area contributed by atoms with Crippen LogP contribution in [0, 0.1) is 13.8 Å². The molecule has 3 atom stereocenters. The molecule has 0 radical (unpaired) electrons. The Kier molecular flexibility index (Phi) is 8.01.